The minimum Gasteiger partial charge on any atom is -0.352 e. The van der Waals surface area contributed by atoms with Crippen molar-refractivity contribution < 1.29 is 4.79 Å². The maximum atomic E-state index is 12.6. The summed E-state index contributed by atoms with van der Waals surface area (Å²) in [6.45, 7) is 6.31. The third-order valence-corrected chi connectivity index (χ3v) is 6.50. The lowest BCUT2D eigenvalue weighted by Crippen LogP contribution is -2.41. The van der Waals surface area contributed by atoms with Gasteiger partial charge in [0.15, 0.2) is 5.16 Å². The van der Waals surface area contributed by atoms with Crippen LogP contribution in [0.25, 0.3) is 10.2 Å². The van der Waals surface area contributed by atoms with E-state index in [1.54, 1.807) is 10.6 Å². The fourth-order valence-electron chi connectivity index (χ4n) is 3.23. The lowest BCUT2D eigenvalue weighted by Gasteiger charge is -2.29. The van der Waals surface area contributed by atoms with E-state index in [-0.39, 0.29) is 23.3 Å². The van der Waals surface area contributed by atoms with Crippen molar-refractivity contribution in [2.75, 3.05) is 5.75 Å². The summed E-state index contributed by atoms with van der Waals surface area (Å²) in [5.41, 5.74) is 0.628. The molecule has 0 saturated heterocycles. The van der Waals surface area contributed by atoms with Gasteiger partial charge in [0.2, 0.25) is 5.91 Å². The molecule has 0 radical (unpaired) electrons. The van der Waals surface area contributed by atoms with Crippen molar-refractivity contribution in [2.24, 2.45) is 5.92 Å². The first-order chi connectivity index (χ1) is 12.1. The molecule has 25 heavy (non-hydrogen) atoms. The van der Waals surface area contributed by atoms with Crippen molar-refractivity contribution >= 4 is 39.2 Å². The van der Waals surface area contributed by atoms with Crippen LogP contribution in [0.4, 0.5) is 0 Å². The van der Waals surface area contributed by atoms with Crippen LogP contribution in [0.3, 0.4) is 0 Å². The maximum Gasteiger partial charge on any atom is 0.272 e. The molecule has 0 spiro atoms. The van der Waals surface area contributed by atoms with Gasteiger partial charge in [0, 0.05) is 12.6 Å². The highest BCUT2D eigenvalue weighted by Crippen LogP contribution is 2.24. The summed E-state index contributed by atoms with van der Waals surface area (Å²) in [7, 11) is 0. The minimum atomic E-state index is -0.0660. The summed E-state index contributed by atoms with van der Waals surface area (Å²) in [5.74, 6) is 0.804. The second-order valence-corrected chi connectivity index (χ2v) is 8.32. The highest BCUT2D eigenvalue weighted by molar-refractivity contribution is 7.99. The van der Waals surface area contributed by atoms with Crippen LogP contribution in [-0.4, -0.2) is 27.3 Å². The van der Waals surface area contributed by atoms with Gasteiger partial charge in [-0.3, -0.25) is 14.2 Å². The highest BCUT2D eigenvalue weighted by atomic mass is 32.2. The number of thioether (sulfide) groups is 1. The van der Waals surface area contributed by atoms with Crippen LogP contribution in [-0.2, 0) is 11.3 Å². The Balaban J connectivity index is 1.71. The molecule has 1 aliphatic rings. The largest absolute Gasteiger partial charge is 0.352 e. The van der Waals surface area contributed by atoms with E-state index in [0.717, 1.165) is 6.42 Å². The number of aromatic nitrogens is 2. The van der Waals surface area contributed by atoms with Crippen molar-refractivity contribution in [2.45, 2.75) is 50.4 Å². The Bertz CT molecular complexity index is 827. The van der Waals surface area contributed by atoms with E-state index in [9.17, 15) is 9.59 Å². The summed E-state index contributed by atoms with van der Waals surface area (Å²) in [6, 6.07) is 2.11. The van der Waals surface area contributed by atoms with Crippen LogP contribution in [0.5, 0.6) is 0 Å². The Morgan fingerprint density at radius 3 is 3.08 bits per heavy atom. The zero-order valence-corrected chi connectivity index (χ0v) is 16.0. The molecule has 1 amide bonds. The topological polar surface area (TPSA) is 64.0 Å². The monoisotopic (exact) mass is 377 g/mol. The van der Waals surface area contributed by atoms with E-state index >= 15 is 0 Å². The van der Waals surface area contributed by atoms with Crippen LogP contribution < -0.4 is 10.9 Å². The van der Waals surface area contributed by atoms with E-state index in [1.165, 1.54) is 42.4 Å². The van der Waals surface area contributed by atoms with E-state index in [1.807, 2.05) is 11.4 Å². The number of hydrogen-bond acceptors (Lipinski definition) is 5. The molecule has 3 rings (SSSR count). The molecule has 134 valence electrons. The van der Waals surface area contributed by atoms with Crippen LogP contribution in [0.15, 0.2) is 34.1 Å². The molecule has 2 aromatic rings. The molecule has 0 bridgehead atoms. The number of carbonyl (C=O) groups is 1. The van der Waals surface area contributed by atoms with Crippen molar-refractivity contribution in [1.29, 1.82) is 0 Å². The molecule has 0 unspecified atom stereocenters. The number of fused-ring (bicyclic) bond motifs is 1. The van der Waals surface area contributed by atoms with Crippen molar-refractivity contribution in [1.82, 2.24) is 14.9 Å². The number of amides is 1. The Kier molecular flexibility index (Phi) is 5.96. The summed E-state index contributed by atoms with van der Waals surface area (Å²) in [4.78, 5) is 29.5. The molecule has 1 saturated carbocycles. The predicted molar refractivity (Wildman–Crippen MR) is 104 cm³/mol. The van der Waals surface area contributed by atoms with Gasteiger partial charge in [0.1, 0.15) is 4.70 Å². The standard InChI is InChI=1S/C18H23N3O2S2/c1-3-9-21-17(23)16-14(8-10-24-16)20-18(21)25-11-15(22)19-13-7-5-4-6-12(13)2/h3,8,10,12-13H,1,4-7,9,11H2,2H3,(H,19,22)/t12-,13-/m1/s1. The summed E-state index contributed by atoms with van der Waals surface area (Å²) in [5, 5.41) is 5.58. The van der Waals surface area contributed by atoms with Crippen LogP contribution in [0, 0.1) is 5.92 Å². The van der Waals surface area contributed by atoms with Gasteiger partial charge in [-0.25, -0.2) is 4.98 Å². The fourth-order valence-corrected chi connectivity index (χ4v) is 4.83. The molecule has 1 N–H and O–H groups in total. The summed E-state index contributed by atoms with van der Waals surface area (Å²) >= 11 is 2.71. The molecule has 1 aliphatic carbocycles. The van der Waals surface area contributed by atoms with Gasteiger partial charge >= 0.3 is 0 Å². The van der Waals surface area contributed by atoms with Crippen molar-refractivity contribution in [3.63, 3.8) is 0 Å². The molecule has 2 aromatic heterocycles. The summed E-state index contributed by atoms with van der Waals surface area (Å²) < 4.78 is 2.24. The molecular formula is C18H23N3O2S2. The Hall–Kier alpha value is -1.60. The second kappa shape index (κ2) is 8.19. The molecular weight excluding hydrogens is 354 g/mol. The van der Waals surface area contributed by atoms with E-state index in [2.05, 4.69) is 23.8 Å². The quantitative estimate of drug-likeness (QED) is 0.476. The fraction of sp³-hybridized carbons (Fsp3) is 0.500. The minimum absolute atomic E-state index is 0.00793. The zero-order chi connectivity index (χ0) is 17.8. The van der Waals surface area contributed by atoms with Crippen LogP contribution in [0.2, 0.25) is 0 Å². The first-order valence-corrected chi connectivity index (χ1v) is 10.5. The van der Waals surface area contributed by atoms with E-state index in [4.69, 9.17) is 0 Å². The number of nitrogens with zero attached hydrogens (tertiary/aromatic N) is 2. The van der Waals surface area contributed by atoms with Gasteiger partial charge in [-0.1, -0.05) is 37.6 Å². The molecule has 7 heteroatoms. The smallest absolute Gasteiger partial charge is 0.272 e. The third kappa shape index (κ3) is 4.15. The van der Waals surface area contributed by atoms with E-state index < -0.39 is 0 Å². The van der Waals surface area contributed by atoms with E-state index in [0.29, 0.717) is 27.8 Å². The molecule has 2 atom stereocenters. The second-order valence-electron chi connectivity index (χ2n) is 6.46. The van der Waals surface area contributed by atoms with Gasteiger partial charge < -0.3 is 5.32 Å². The first kappa shape index (κ1) is 18.2. The Morgan fingerprint density at radius 1 is 1.52 bits per heavy atom. The van der Waals surface area contributed by atoms with Gasteiger partial charge in [-0.05, 0) is 30.2 Å². The first-order valence-electron chi connectivity index (χ1n) is 8.61. The Morgan fingerprint density at radius 2 is 2.32 bits per heavy atom. The lowest BCUT2D eigenvalue weighted by molar-refractivity contribution is -0.119. The Labute approximate surface area is 155 Å². The molecule has 1 fully saturated rings. The molecule has 0 aromatic carbocycles. The van der Waals surface area contributed by atoms with Gasteiger partial charge in [0.05, 0.1) is 11.3 Å². The highest BCUT2D eigenvalue weighted by Gasteiger charge is 2.23. The van der Waals surface area contributed by atoms with Gasteiger partial charge in [-0.2, -0.15) is 0 Å². The van der Waals surface area contributed by atoms with Crippen LogP contribution in [0.1, 0.15) is 32.6 Å². The number of nitrogens with one attached hydrogen (secondary N) is 1. The number of thiophene rings is 1. The number of allylic oxidation sites excluding steroid dienone is 1. The average molecular weight is 378 g/mol. The van der Waals surface area contributed by atoms with Gasteiger partial charge in [-0.15, -0.1) is 17.9 Å². The van der Waals surface area contributed by atoms with Crippen molar-refractivity contribution in [3.05, 3.63) is 34.5 Å². The molecule has 2 heterocycles. The zero-order valence-electron chi connectivity index (χ0n) is 14.4. The summed E-state index contributed by atoms with van der Waals surface area (Å²) in [6.07, 6.45) is 6.33. The predicted octanol–water partition coefficient (Wildman–Crippen LogP) is 3.43. The normalized spacial score (nSPS) is 20.5. The van der Waals surface area contributed by atoms with Gasteiger partial charge in [0.25, 0.3) is 5.56 Å². The third-order valence-electron chi connectivity index (χ3n) is 4.63. The van der Waals surface area contributed by atoms with Crippen molar-refractivity contribution in [3.8, 4) is 0 Å². The number of carbonyl (C=O) groups excluding carboxylic acids is 1. The SMILES string of the molecule is C=CCn1c(SCC(=O)N[C@@H]2CCCC[C@H]2C)nc2ccsc2c1=O. The molecule has 5 nitrogen and oxygen atoms in total. The number of rotatable bonds is 6. The maximum absolute atomic E-state index is 12.6. The lowest BCUT2D eigenvalue weighted by atomic mass is 9.86. The molecule has 0 aliphatic heterocycles. The number of hydrogen-bond donors (Lipinski definition) is 1. The average Bonchev–Trinajstić information content (AvgIpc) is 3.07. The van der Waals surface area contributed by atoms with Crippen LogP contribution >= 0.6 is 23.1 Å².